The molecule has 4 nitrogen and oxygen atoms in total. The van der Waals surface area contributed by atoms with Crippen LogP contribution in [-0.2, 0) is 11.2 Å². The van der Waals surface area contributed by atoms with Crippen LogP contribution in [0.5, 0.6) is 5.75 Å². The zero-order valence-electron chi connectivity index (χ0n) is 8.45. The van der Waals surface area contributed by atoms with Crippen LogP contribution in [0.15, 0.2) is 18.2 Å². The highest BCUT2D eigenvalue weighted by Crippen LogP contribution is 2.17. The van der Waals surface area contributed by atoms with Gasteiger partial charge >= 0.3 is 0 Å². The minimum atomic E-state index is 0.151. The van der Waals surface area contributed by atoms with E-state index in [9.17, 15) is 9.90 Å². The van der Waals surface area contributed by atoms with Crippen LogP contribution >= 0.6 is 0 Å². The Morgan fingerprint density at radius 1 is 1.53 bits per heavy atom. The number of nitrogens with zero attached hydrogens (tertiary/aromatic N) is 1. The van der Waals surface area contributed by atoms with Gasteiger partial charge in [-0.15, -0.1) is 0 Å². The smallest absolute Gasteiger partial charge is 0.140 e. The second-order valence-corrected chi connectivity index (χ2v) is 3.45. The number of benzene rings is 1. The Labute approximate surface area is 87.0 Å². The number of hydrogen-bond acceptors (Lipinski definition) is 3. The van der Waals surface area contributed by atoms with Crippen molar-refractivity contribution in [3.8, 4) is 5.75 Å². The van der Waals surface area contributed by atoms with Gasteiger partial charge < -0.3 is 10.1 Å². The van der Waals surface area contributed by atoms with Crippen molar-refractivity contribution in [3.63, 3.8) is 0 Å². The van der Waals surface area contributed by atoms with E-state index in [1.807, 2.05) is 6.92 Å². The lowest BCUT2D eigenvalue weighted by Crippen LogP contribution is -2.01. The number of rotatable bonds is 3. The lowest BCUT2D eigenvalue weighted by molar-refractivity contribution is -0.118. The van der Waals surface area contributed by atoms with Gasteiger partial charge in [0.15, 0.2) is 0 Å². The first kappa shape index (κ1) is 9.71. The molecule has 2 aromatic rings. The van der Waals surface area contributed by atoms with Crippen LogP contribution in [0.3, 0.4) is 0 Å². The number of H-pyrrole nitrogens is 1. The molecule has 0 spiro atoms. The molecule has 1 aromatic carbocycles. The summed E-state index contributed by atoms with van der Waals surface area (Å²) in [6.45, 7) is 1.83. The molecule has 0 aliphatic heterocycles. The molecule has 0 saturated heterocycles. The van der Waals surface area contributed by atoms with E-state index < -0.39 is 0 Å². The maximum absolute atomic E-state index is 11.2. The molecular formula is C11H12N2O2. The van der Waals surface area contributed by atoms with E-state index in [0.29, 0.717) is 18.7 Å². The molecule has 0 bridgehead atoms. The zero-order chi connectivity index (χ0) is 10.8. The van der Waals surface area contributed by atoms with Gasteiger partial charge in [0, 0.05) is 12.5 Å². The third kappa shape index (κ3) is 1.98. The van der Waals surface area contributed by atoms with Crippen molar-refractivity contribution < 1.29 is 9.90 Å². The van der Waals surface area contributed by atoms with Gasteiger partial charge in [0.05, 0.1) is 17.5 Å². The monoisotopic (exact) mass is 204 g/mol. The lowest BCUT2D eigenvalue weighted by atomic mass is 10.2. The van der Waals surface area contributed by atoms with E-state index in [0.717, 1.165) is 11.0 Å². The summed E-state index contributed by atoms with van der Waals surface area (Å²) in [5.41, 5.74) is 1.53. The molecule has 0 fully saturated rings. The molecule has 4 heteroatoms. The van der Waals surface area contributed by atoms with E-state index in [1.54, 1.807) is 18.2 Å². The second-order valence-electron chi connectivity index (χ2n) is 3.45. The molecule has 0 radical (unpaired) electrons. The first-order valence-corrected chi connectivity index (χ1v) is 4.88. The second kappa shape index (κ2) is 3.73. The van der Waals surface area contributed by atoms with Gasteiger partial charge in [0.2, 0.25) is 0 Å². The average molecular weight is 204 g/mol. The van der Waals surface area contributed by atoms with Gasteiger partial charge in [0.1, 0.15) is 17.4 Å². The fourth-order valence-corrected chi connectivity index (χ4v) is 1.45. The van der Waals surface area contributed by atoms with Crippen LogP contribution in [0.25, 0.3) is 11.0 Å². The van der Waals surface area contributed by atoms with Crippen molar-refractivity contribution in [2.45, 2.75) is 19.8 Å². The fourth-order valence-electron chi connectivity index (χ4n) is 1.45. The molecule has 0 saturated carbocycles. The van der Waals surface area contributed by atoms with Crippen molar-refractivity contribution >= 4 is 16.8 Å². The number of aromatic amines is 1. The minimum absolute atomic E-state index is 0.151. The topological polar surface area (TPSA) is 66.0 Å². The van der Waals surface area contributed by atoms with E-state index >= 15 is 0 Å². The Kier molecular flexibility index (Phi) is 2.41. The number of aromatic nitrogens is 2. The minimum Gasteiger partial charge on any atom is -0.508 e. The molecule has 2 N–H and O–H groups in total. The Balaban J connectivity index is 2.34. The van der Waals surface area contributed by atoms with Crippen molar-refractivity contribution in [3.05, 3.63) is 24.0 Å². The normalized spacial score (nSPS) is 10.7. The summed E-state index contributed by atoms with van der Waals surface area (Å²) in [5, 5.41) is 9.25. The van der Waals surface area contributed by atoms with Crippen LogP contribution < -0.4 is 0 Å². The Morgan fingerprint density at radius 2 is 2.33 bits per heavy atom. The molecule has 1 aromatic heterocycles. The van der Waals surface area contributed by atoms with Gasteiger partial charge in [-0.25, -0.2) is 4.98 Å². The maximum atomic E-state index is 11.2. The average Bonchev–Trinajstić information content (AvgIpc) is 2.59. The number of aromatic hydroxyl groups is 1. The van der Waals surface area contributed by atoms with E-state index in [-0.39, 0.29) is 11.5 Å². The van der Waals surface area contributed by atoms with Gasteiger partial charge in [-0.2, -0.15) is 0 Å². The number of carbonyl (C=O) groups excluding carboxylic acids is 1. The summed E-state index contributed by atoms with van der Waals surface area (Å²) < 4.78 is 0. The molecular weight excluding hydrogens is 192 g/mol. The summed E-state index contributed by atoms with van der Waals surface area (Å²) in [5.74, 6) is 1.00. The van der Waals surface area contributed by atoms with E-state index in [4.69, 9.17) is 0 Å². The first-order valence-electron chi connectivity index (χ1n) is 4.88. The molecule has 0 unspecified atom stereocenters. The van der Waals surface area contributed by atoms with Gasteiger partial charge in [-0.3, -0.25) is 4.79 Å². The number of phenols is 1. The molecule has 1 heterocycles. The predicted molar refractivity (Wildman–Crippen MR) is 56.8 cm³/mol. The summed E-state index contributed by atoms with van der Waals surface area (Å²) in [6, 6.07) is 4.90. The highest BCUT2D eigenvalue weighted by Gasteiger charge is 2.06. The van der Waals surface area contributed by atoms with Crippen molar-refractivity contribution in [2.24, 2.45) is 0 Å². The number of ketones is 1. The summed E-state index contributed by atoms with van der Waals surface area (Å²) in [7, 11) is 0. The molecule has 78 valence electrons. The number of fused-ring (bicyclic) bond motifs is 1. The molecule has 15 heavy (non-hydrogen) atoms. The SMILES string of the molecule is CCC(=O)Cc1nc2ccc(O)cc2[nH]1. The molecule has 0 atom stereocenters. The number of carbonyl (C=O) groups is 1. The van der Waals surface area contributed by atoms with E-state index in [2.05, 4.69) is 9.97 Å². The fraction of sp³-hybridized carbons (Fsp3) is 0.273. The zero-order valence-corrected chi connectivity index (χ0v) is 8.45. The third-order valence-electron chi connectivity index (χ3n) is 2.27. The van der Waals surface area contributed by atoms with Crippen molar-refractivity contribution in [2.75, 3.05) is 0 Å². The Bertz CT molecular complexity index is 502. The number of nitrogens with one attached hydrogen (secondary N) is 1. The number of phenolic OH excluding ortho intramolecular Hbond substituents is 1. The highest BCUT2D eigenvalue weighted by atomic mass is 16.3. The van der Waals surface area contributed by atoms with Crippen LogP contribution in [0.1, 0.15) is 19.2 Å². The molecule has 0 aliphatic rings. The molecule has 2 rings (SSSR count). The third-order valence-corrected chi connectivity index (χ3v) is 2.27. The number of hydrogen-bond donors (Lipinski definition) is 2. The van der Waals surface area contributed by atoms with E-state index in [1.165, 1.54) is 0 Å². The van der Waals surface area contributed by atoms with Crippen LogP contribution in [-0.4, -0.2) is 20.9 Å². The first-order chi connectivity index (χ1) is 7.19. The quantitative estimate of drug-likeness (QED) is 0.801. The summed E-state index contributed by atoms with van der Waals surface area (Å²) in [6.07, 6.45) is 0.842. The van der Waals surface area contributed by atoms with Crippen LogP contribution in [0, 0.1) is 0 Å². The van der Waals surface area contributed by atoms with Crippen LogP contribution in [0.2, 0.25) is 0 Å². The van der Waals surface area contributed by atoms with Crippen LogP contribution in [0.4, 0.5) is 0 Å². The predicted octanol–water partition coefficient (Wildman–Crippen LogP) is 1.79. The lowest BCUT2D eigenvalue weighted by Gasteiger charge is -1.91. The summed E-state index contributed by atoms with van der Waals surface area (Å²) in [4.78, 5) is 18.5. The number of imidazole rings is 1. The molecule has 0 aliphatic carbocycles. The molecule has 0 amide bonds. The maximum Gasteiger partial charge on any atom is 0.140 e. The van der Waals surface area contributed by atoms with Gasteiger partial charge in [0.25, 0.3) is 0 Å². The van der Waals surface area contributed by atoms with Crippen molar-refractivity contribution in [1.29, 1.82) is 0 Å². The van der Waals surface area contributed by atoms with Gasteiger partial charge in [-0.05, 0) is 12.1 Å². The van der Waals surface area contributed by atoms with Gasteiger partial charge in [-0.1, -0.05) is 6.92 Å². The highest BCUT2D eigenvalue weighted by molar-refractivity contribution is 5.82. The Hall–Kier alpha value is -1.84. The standard InChI is InChI=1S/C11H12N2O2/c1-2-7(14)6-11-12-9-4-3-8(15)5-10(9)13-11/h3-5,15H,2,6H2,1H3,(H,12,13). The van der Waals surface area contributed by atoms with Crippen molar-refractivity contribution in [1.82, 2.24) is 9.97 Å². The summed E-state index contributed by atoms with van der Waals surface area (Å²) >= 11 is 0. The largest absolute Gasteiger partial charge is 0.508 e. The number of Topliss-reactive ketones (excluding diaryl/α,β-unsaturated/α-hetero) is 1. The Morgan fingerprint density at radius 3 is 3.07 bits per heavy atom.